The molecule has 0 saturated heterocycles. The molecule has 8 rings (SSSR count). The van der Waals surface area contributed by atoms with Crippen LogP contribution in [0.4, 0.5) is 14.6 Å². The number of aromatic nitrogens is 3. The number of carbonyl (C=O) groups is 1. The highest BCUT2D eigenvalue weighted by molar-refractivity contribution is 7.90. The molecular formula is C35H32F2N4O4S. The van der Waals surface area contributed by atoms with E-state index in [-0.39, 0.29) is 45.1 Å². The maximum atomic E-state index is 15.5. The Hall–Kier alpha value is -4.64. The minimum absolute atomic E-state index is 0.0136. The SMILES string of the molecule is Cc1ccc(-c2cc(NC3C4CCC(CC4)C3C(=O)O)nc(-c3cn(S(=O)(=O)c4ccc(C)cc4)c4c(F)cc(F)cc34)n2)cc1. The van der Waals surface area contributed by atoms with Gasteiger partial charge in [0.05, 0.1) is 16.5 Å². The first-order chi connectivity index (χ1) is 22.0. The number of carboxylic acids is 1. The number of aliphatic carboxylic acids is 1. The lowest BCUT2D eigenvalue weighted by molar-refractivity contribution is -0.148. The van der Waals surface area contributed by atoms with Crippen molar-refractivity contribution < 1.29 is 27.1 Å². The van der Waals surface area contributed by atoms with Gasteiger partial charge in [-0.3, -0.25) is 4.79 Å². The molecule has 2 bridgehead atoms. The zero-order chi connectivity index (χ0) is 32.3. The second-order valence-electron chi connectivity index (χ2n) is 12.5. The van der Waals surface area contributed by atoms with Crippen molar-refractivity contribution in [1.82, 2.24) is 13.9 Å². The minimum Gasteiger partial charge on any atom is -0.481 e. The summed E-state index contributed by atoms with van der Waals surface area (Å²) in [4.78, 5) is 21.8. The quantitative estimate of drug-likeness (QED) is 0.193. The van der Waals surface area contributed by atoms with Gasteiger partial charge in [0.15, 0.2) is 11.6 Å². The Balaban J connectivity index is 1.42. The molecule has 2 unspecified atom stereocenters. The average molecular weight is 643 g/mol. The summed E-state index contributed by atoms with van der Waals surface area (Å²) < 4.78 is 58.7. The topological polar surface area (TPSA) is 114 Å². The van der Waals surface area contributed by atoms with Crippen LogP contribution in [0, 0.1) is 43.2 Å². The van der Waals surface area contributed by atoms with E-state index >= 15 is 4.39 Å². The van der Waals surface area contributed by atoms with Gasteiger partial charge in [-0.15, -0.1) is 0 Å². The molecule has 2 N–H and O–H groups in total. The summed E-state index contributed by atoms with van der Waals surface area (Å²) in [5.41, 5.74) is 2.90. The van der Waals surface area contributed by atoms with Gasteiger partial charge in [0, 0.05) is 40.9 Å². The lowest BCUT2D eigenvalue weighted by atomic mass is 9.61. The Morgan fingerprint density at radius 3 is 2.17 bits per heavy atom. The summed E-state index contributed by atoms with van der Waals surface area (Å²) in [6, 6.07) is 16.9. The fourth-order valence-electron chi connectivity index (χ4n) is 7.14. The van der Waals surface area contributed by atoms with Crippen molar-refractivity contribution in [2.75, 3.05) is 5.32 Å². The number of nitrogens with zero attached hydrogens (tertiary/aromatic N) is 3. The fraction of sp³-hybridized carbons (Fsp3) is 0.286. The van der Waals surface area contributed by atoms with Gasteiger partial charge >= 0.3 is 5.97 Å². The van der Waals surface area contributed by atoms with E-state index < -0.39 is 33.5 Å². The molecule has 2 aromatic heterocycles. The van der Waals surface area contributed by atoms with Gasteiger partial charge in [-0.2, -0.15) is 0 Å². The number of fused-ring (bicyclic) bond motifs is 4. The number of nitrogens with one attached hydrogen (secondary N) is 1. The molecule has 0 amide bonds. The van der Waals surface area contributed by atoms with Crippen molar-refractivity contribution in [2.45, 2.75) is 50.5 Å². The van der Waals surface area contributed by atoms with Crippen molar-refractivity contribution in [2.24, 2.45) is 17.8 Å². The number of halogens is 2. The Kier molecular flexibility index (Phi) is 7.38. The van der Waals surface area contributed by atoms with Crippen LogP contribution >= 0.6 is 0 Å². The third-order valence-electron chi connectivity index (χ3n) is 9.50. The number of anilines is 1. The van der Waals surface area contributed by atoms with E-state index in [0.717, 1.165) is 52.4 Å². The van der Waals surface area contributed by atoms with Gasteiger partial charge in [0.1, 0.15) is 17.2 Å². The zero-order valence-corrected chi connectivity index (χ0v) is 26.1. The number of hydrogen-bond donors (Lipinski definition) is 2. The molecule has 2 atom stereocenters. The Morgan fingerprint density at radius 2 is 1.52 bits per heavy atom. The highest BCUT2D eigenvalue weighted by Gasteiger charge is 2.47. The average Bonchev–Trinajstić information content (AvgIpc) is 3.43. The lowest BCUT2D eigenvalue weighted by Gasteiger charge is -2.47. The molecule has 236 valence electrons. The lowest BCUT2D eigenvalue weighted by Crippen LogP contribution is -2.51. The molecule has 3 aliphatic rings. The van der Waals surface area contributed by atoms with Crippen molar-refractivity contribution >= 4 is 32.7 Å². The number of rotatable bonds is 7. The van der Waals surface area contributed by atoms with E-state index in [4.69, 9.17) is 9.97 Å². The summed E-state index contributed by atoms with van der Waals surface area (Å²) >= 11 is 0. The monoisotopic (exact) mass is 642 g/mol. The van der Waals surface area contributed by atoms with Crippen LogP contribution in [-0.4, -0.2) is 39.5 Å². The normalized spacial score (nSPS) is 21.0. The molecular weight excluding hydrogens is 610 g/mol. The van der Waals surface area contributed by atoms with Crippen molar-refractivity contribution in [3.05, 3.63) is 95.7 Å². The third-order valence-corrected chi connectivity index (χ3v) is 11.2. The first kappa shape index (κ1) is 30.0. The van der Waals surface area contributed by atoms with Crippen LogP contribution in [0.25, 0.3) is 33.5 Å². The highest BCUT2D eigenvalue weighted by Crippen LogP contribution is 2.46. The third kappa shape index (κ3) is 5.22. The second-order valence-corrected chi connectivity index (χ2v) is 14.3. The fourth-order valence-corrected chi connectivity index (χ4v) is 8.51. The van der Waals surface area contributed by atoms with Crippen LogP contribution in [0.5, 0.6) is 0 Å². The second kappa shape index (κ2) is 11.3. The van der Waals surface area contributed by atoms with Gasteiger partial charge in [0.2, 0.25) is 0 Å². The predicted octanol–water partition coefficient (Wildman–Crippen LogP) is 7.20. The van der Waals surface area contributed by atoms with Crippen molar-refractivity contribution in [1.29, 1.82) is 0 Å². The van der Waals surface area contributed by atoms with Gasteiger partial charge in [-0.1, -0.05) is 47.5 Å². The molecule has 5 aromatic rings. The summed E-state index contributed by atoms with van der Waals surface area (Å²) in [5, 5.41) is 13.6. The van der Waals surface area contributed by atoms with E-state index in [9.17, 15) is 22.7 Å². The molecule has 0 aliphatic heterocycles. The van der Waals surface area contributed by atoms with Gasteiger partial charge < -0.3 is 10.4 Å². The molecule has 3 aliphatic carbocycles. The molecule has 8 nitrogen and oxygen atoms in total. The standard InChI is InChI=1S/C35H32F2N4O4S/c1-19-3-7-21(8-4-19)29-17-30(39-32-23-11-9-22(10-12-23)31(32)35(42)43)40-34(38-29)27-18-41(33-26(27)15-24(36)16-28(33)37)46(44,45)25-13-5-20(2)6-14-25/h3-8,13-18,22-23,31-32H,9-12H2,1-2H3,(H,42,43)(H,38,39,40). The molecule has 3 aromatic carbocycles. The van der Waals surface area contributed by atoms with E-state index in [1.165, 1.54) is 18.3 Å². The maximum Gasteiger partial charge on any atom is 0.308 e. The molecule has 0 spiro atoms. The van der Waals surface area contributed by atoms with Crippen molar-refractivity contribution in [3.8, 4) is 22.6 Å². The van der Waals surface area contributed by atoms with E-state index in [1.807, 2.05) is 38.1 Å². The first-order valence-corrected chi connectivity index (χ1v) is 16.7. The minimum atomic E-state index is -4.31. The largest absolute Gasteiger partial charge is 0.481 e. The number of aryl methyl sites for hydroxylation is 2. The van der Waals surface area contributed by atoms with Crippen LogP contribution in [-0.2, 0) is 14.8 Å². The van der Waals surface area contributed by atoms with Crippen LogP contribution < -0.4 is 5.32 Å². The van der Waals surface area contributed by atoms with Crippen molar-refractivity contribution in [3.63, 3.8) is 0 Å². The van der Waals surface area contributed by atoms with E-state index in [2.05, 4.69) is 5.32 Å². The molecule has 46 heavy (non-hydrogen) atoms. The predicted molar refractivity (Wildman–Crippen MR) is 171 cm³/mol. The molecule has 3 saturated carbocycles. The van der Waals surface area contributed by atoms with Crippen LogP contribution in [0.15, 0.2) is 77.8 Å². The van der Waals surface area contributed by atoms with Crippen LogP contribution in [0.3, 0.4) is 0 Å². The smallest absolute Gasteiger partial charge is 0.308 e. The number of hydrogen-bond acceptors (Lipinski definition) is 6. The van der Waals surface area contributed by atoms with Crippen LogP contribution in [0.2, 0.25) is 0 Å². The van der Waals surface area contributed by atoms with E-state index in [0.29, 0.717) is 17.6 Å². The summed E-state index contributed by atoms with van der Waals surface area (Å²) in [7, 11) is -4.31. The highest BCUT2D eigenvalue weighted by atomic mass is 32.2. The summed E-state index contributed by atoms with van der Waals surface area (Å²) in [6.07, 6.45) is 4.80. The molecule has 3 fully saturated rings. The number of benzene rings is 3. The Morgan fingerprint density at radius 1 is 0.891 bits per heavy atom. The summed E-state index contributed by atoms with van der Waals surface area (Å²) in [5.74, 6) is -2.76. The molecule has 0 radical (unpaired) electrons. The molecule has 2 heterocycles. The Labute approximate surface area is 265 Å². The first-order valence-electron chi connectivity index (χ1n) is 15.3. The summed E-state index contributed by atoms with van der Waals surface area (Å²) in [6.45, 7) is 3.78. The van der Waals surface area contributed by atoms with Crippen LogP contribution in [0.1, 0.15) is 36.8 Å². The van der Waals surface area contributed by atoms with Gasteiger partial charge in [-0.25, -0.2) is 31.1 Å². The maximum absolute atomic E-state index is 15.5. The van der Waals surface area contributed by atoms with E-state index in [1.54, 1.807) is 18.2 Å². The zero-order valence-electron chi connectivity index (χ0n) is 25.2. The van der Waals surface area contributed by atoms with Gasteiger partial charge in [0.25, 0.3) is 10.0 Å². The van der Waals surface area contributed by atoms with Gasteiger partial charge in [-0.05, 0) is 69.6 Å². The molecule has 11 heteroatoms. The number of carboxylic acid groups (broad SMARTS) is 1. The Bertz CT molecular complexity index is 2090.